The van der Waals surface area contributed by atoms with Gasteiger partial charge in [0, 0.05) is 12.0 Å². The van der Waals surface area contributed by atoms with Gasteiger partial charge in [-0.1, -0.05) is 56.3 Å². The largest absolute Gasteiger partial charge is 0.494 e. The maximum atomic E-state index is 6.02. The minimum absolute atomic E-state index is 0.0333. The van der Waals surface area contributed by atoms with Gasteiger partial charge < -0.3 is 9.47 Å². The lowest BCUT2D eigenvalue weighted by molar-refractivity contribution is -0.0366. The molecule has 36 heavy (non-hydrogen) atoms. The van der Waals surface area contributed by atoms with Crippen molar-refractivity contribution in [2.45, 2.75) is 59.1 Å². The fourth-order valence-corrected chi connectivity index (χ4v) is 5.22. The molecular weight excluding hydrogens is 444 g/mol. The number of aromatic nitrogens is 2. The first-order chi connectivity index (χ1) is 17.7. The second-order valence-electron chi connectivity index (χ2n) is 9.58. The zero-order valence-electron chi connectivity index (χ0n) is 21.7. The van der Waals surface area contributed by atoms with Gasteiger partial charge in [-0.3, -0.25) is 0 Å². The molecule has 1 aliphatic heterocycles. The zero-order valence-corrected chi connectivity index (χ0v) is 21.7. The second kappa shape index (κ2) is 11.1. The minimum Gasteiger partial charge on any atom is -0.494 e. The van der Waals surface area contributed by atoms with E-state index >= 15 is 0 Å². The van der Waals surface area contributed by atoms with Gasteiger partial charge in [-0.05, 0) is 96.7 Å². The van der Waals surface area contributed by atoms with Gasteiger partial charge in [0.25, 0.3) is 0 Å². The third-order valence-electron chi connectivity index (χ3n) is 7.05. The van der Waals surface area contributed by atoms with E-state index in [0.717, 1.165) is 55.5 Å². The Morgan fingerprint density at radius 1 is 1.00 bits per heavy atom. The maximum Gasteiger partial charge on any atom is 0.150 e. The number of hydrogen-bond acceptors (Lipinski definition) is 3. The van der Waals surface area contributed by atoms with E-state index in [1.165, 1.54) is 39.8 Å². The van der Waals surface area contributed by atoms with Gasteiger partial charge in [-0.15, -0.1) is 0 Å². The lowest BCUT2D eigenvalue weighted by atomic mass is 9.86. The van der Waals surface area contributed by atoms with Crippen LogP contribution in [-0.2, 0) is 4.74 Å². The summed E-state index contributed by atoms with van der Waals surface area (Å²) >= 11 is 0. The molecule has 186 valence electrons. The average Bonchev–Trinajstić information content (AvgIpc) is 3.35. The van der Waals surface area contributed by atoms with Crippen LogP contribution in [0.15, 0.2) is 72.9 Å². The Bertz CT molecular complexity index is 1340. The van der Waals surface area contributed by atoms with E-state index in [0.29, 0.717) is 0 Å². The summed E-state index contributed by atoms with van der Waals surface area (Å²) < 4.78 is 13.9. The normalized spacial score (nSPS) is 16.7. The van der Waals surface area contributed by atoms with Gasteiger partial charge in [0.05, 0.1) is 18.3 Å². The maximum absolute atomic E-state index is 6.02. The van der Waals surface area contributed by atoms with Crippen molar-refractivity contribution >= 4 is 22.0 Å². The Hall–Kier alpha value is -3.37. The summed E-state index contributed by atoms with van der Waals surface area (Å²) in [5, 5.41) is 5.87. The third kappa shape index (κ3) is 4.96. The molecule has 0 aliphatic carbocycles. The van der Waals surface area contributed by atoms with Crippen molar-refractivity contribution in [3.8, 4) is 5.75 Å². The highest BCUT2D eigenvalue weighted by molar-refractivity contribution is 6.00. The molecular formula is C32H36N2O2. The summed E-state index contributed by atoms with van der Waals surface area (Å²) in [6.45, 7) is 8.12. The summed E-state index contributed by atoms with van der Waals surface area (Å²) in [4.78, 5) is 0. The zero-order chi connectivity index (χ0) is 24.9. The molecule has 1 saturated heterocycles. The molecule has 0 saturated carbocycles. The summed E-state index contributed by atoms with van der Waals surface area (Å²) in [6, 6.07) is 24.0. The van der Waals surface area contributed by atoms with Gasteiger partial charge in [0.1, 0.15) is 5.75 Å². The van der Waals surface area contributed by atoms with Crippen LogP contribution in [0.5, 0.6) is 5.75 Å². The van der Waals surface area contributed by atoms with Gasteiger partial charge in [0.15, 0.2) is 6.23 Å². The van der Waals surface area contributed by atoms with Crippen LogP contribution in [0, 0.1) is 6.92 Å². The number of ether oxygens (including phenoxy) is 2. The molecule has 4 aromatic rings. The predicted molar refractivity (Wildman–Crippen MR) is 148 cm³/mol. The summed E-state index contributed by atoms with van der Waals surface area (Å²) in [6.07, 6.45) is 7.28. The van der Waals surface area contributed by atoms with Crippen molar-refractivity contribution in [2.24, 2.45) is 0 Å². The highest BCUT2D eigenvalue weighted by atomic mass is 16.5. The highest BCUT2D eigenvalue weighted by Gasteiger charge is 2.20. The topological polar surface area (TPSA) is 36.3 Å². The Morgan fingerprint density at radius 2 is 1.81 bits per heavy atom. The lowest BCUT2D eigenvalue weighted by Crippen LogP contribution is -2.18. The number of benzene rings is 3. The van der Waals surface area contributed by atoms with Crippen molar-refractivity contribution in [3.05, 3.63) is 95.2 Å². The Labute approximate surface area is 214 Å². The molecule has 0 radical (unpaired) electrons. The lowest BCUT2D eigenvalue weighted by Gasteiger charge is -2.23. The smallest absolute Gasteiger partial charge is 0.150 e. The Kier molecular flexibility index (Phi) is 7.52. The summed E-state index contributed by atoms with van der Waals surface area (Å²) in [5.74, 6) is 0.915. The number of fused-ring (bicyclic) bond motifs is 1. The van der Waals surface area contributed by atoms with Crippen LogP contribution < -0.4 is 4.74 Å². The number of allylic oxidation sites excluding steroid dienone is 1. The molecule has 1 atom stereocenters. The fourth-order valence-electron chi connectivity index (χ4n) is 5.22. The molecule has 0 N–H and O–H groups in total. The average molecular weight is 481 g/mol. The van der Waals surface area contributed by atoms with Crippen LogP contribution in [0.25, 0.3) is 22.0 Å². The second-order valence-corrected chi connectivity index (χ2v) is 9.58. The monoisotopic (exact) mass is 480 g/mol. The third-order valence-corrected chi connectivity index (χ3v) is 7.05. The molecule has 1 aromatic heterocycles. The molecule has 4 heteroatoms. The number of rotatable bonds is 8. The highest BCUT2D eigenvalue weighted by Crippen LogP contribution is 2.37. The molecule has 0 spiro atoms. The molecule has 1 fully saturated rings. The van der Waals surface area contributed by atoms with E-state index in [9.17, 15) is 0 Å². The number of hydrogen-bond donors (Lipinski definition) is 0. The first-order valence-electron chi connectivity index (χ1n) is 13.3. The Balaban J connectivity index is 1.63. The van der Waals surface area contributed by atoms with Crippen LogP contribution in [0.1, 0.15) is 74.4 Å². The van der Waals surface area contributed by atoms with Crippen molar-refractivity contribution < 1.29 is 9.47 Å². The molecule has 4 nitrogen and oxygen atoms in total. The molecule has 1 unspecified atom stereocenters. The van der Waals surface area contributed by atoms with Crippen LogP contribution in [0.2, 0.25) is 0 Å². The van der Waals surface area contributed by atoms with Crippen molar-refractivity contribution in [2.75, 3.05) is 13.2 Å². The molecule has 5 rings (SSSR count). The van der Waals surface area contributed by atoms with E-state index in [2.05, 4.69) is 92.2 Å². The van der Waals surface area contributed by atoms with E-state index < -0.39 is 0 Å². The van der Waals surface area contributed by atoms with E-state index in [1.54, 1.807) is 0 Å². The van der Waals surface area contributed by atoms with Crippen molar-refractivity contribution in [1.29, 1.82) is 0 Å². The minimum atomic E-state index is 0.0333. The molecule has 3 aromatic carbocycles. The van der Waals surface area contributed by atoms with Gasteiger partial charge in [-0.2, -0.15) is 5.10 Å². The first kappa shape index (κ1) is 24.3. The number of aryl methyl sites for hydroxylation is 1. The van der Waals surface area contributed by atoms with E-state index in [1.807, 2.05) is 6.20 Å². The van der Waals surface area contributed by atoms with Crippen molar-refractivity contribution in [3.63, 3.8) is 0 Å². The van der Waals surface area contributed by atoms with Crippen LogP contribution in [-0.4, -0.2) is 23.0 Å². The van der Waals surface area contributed by atoms with Crippen LogP contribution in [0.4, 0.5) is 0 Å². The standard InChI is InChI=1S/C32H36N2O2/c1-4-19-35-27-16-13-24(14-17-27)32(28(5-2)29-11-7-6-10-23(29)3)25-15-18-30-26(21-25)22-33-34(30)31-12-8-9-20-36-31/h6-7,10-11,13-18,21-22,31H,4-5,8-9,12,19-20H2,1-3H3/b32-28+. The molecule has 1 aliphatic rings. The Morgan fingerprint density at radius 3 is 2.53 bits per heavy atom. The fraction of sp³-hybridized carbons (Fsp3) is 0.344. The van der Waals surface area contributed by atoms with Gasteiger partial charge in [0.2, 0.25) is 0 Å². The SMILES string of the molecule is CCCOc1ccc(/C(=C(/CC)c2ccccc2C)c2ccc3c(cnn3C3CCCCO3)c2)cc1. The van der Waals surface area contributed by atoms with E-state index in [4.69, 9.17) is 14.6 Å². The predicted octanol–water partition coefficient (Wildman–Crippen LogP) is 8.20. The van der Waals surface area contributed by atoms with Gasteiger partial charge in [-0.25, -0.2) is 4.68 Å². The van der Waals surface area contributed by atoms with Crippen LogP contribution >= 0.6 is 0 Å². The molecule has 0 bridgehead atoms. The van der Waals surface area contributed by atoms with Gasteiger partial charge >= 0.3 is 0 Å². The van der Waals surface area contributed by atoms with Crippen molar-refractivity contribution in [1.82, 2.24) is 9.78 Å². The summed E-state index contributed by atoms with van der Waals surface area (Å²) in [5.41, 5.74) is 8.72. The molecule has 2 heterocycles. The van der Waals surface area contributed by atoms with Crippen LogP contribution in [0.3, 0.4) is 0 Å². The quantitative estimate of drug-likeness (QED) is 0.238. The summed E-state index contributed by atoms with van der Waals surface area (Å²) in [7, 11) is 0. The molecule has 0 amide bonds. The van der Waals surface area contributed by atoms with E-state index in [-0.39, 0.29) is 6.23 Å². The first-order valence-corrected chi connectivity index (χ1v) is 13.3. The number of nitrogens with zero attached hydrogens (tertiary/aromatic N) is 2.